The van der Waals surface area contributed by atoms with Crippen LogP contribution in [0, 0.1) is 0 Å². The van der Waals surface area contributed by atoms with Crippen LogP contribution in [0.5, 0.6) is 0 Å². The van der Waals surface area contributed by atoms with Gasteiger partial charge in [-0.25, -0.2) is 4.79 Å². The molecule has 9 heteroatoms. The maximum Gasteiger partial charge on any atom is 0.316 e. The zero-order chi connectivity index (χ0) is 25.0. The van der Waals surface area contributed by atoms with Gasteiger partial charge in [-0.1, -0.05) is 36.4 Å². The largest absolute Gasteiger partial charge is 0.481 e. The lowest BCUT2D eigenvalue weighted by Gasteiger charge is -2.27. The topological polar surface area (TPSA) is 133 Å². The molecule has 0 radical (unpaired) electrons. The van der Waals surface area contributed by atoms with Gasteiger partial charge in [0, 0.05) is 24.4 Å². The van der Waals surface area contributed by atoms with Crippen LogP contribution >= 0.6 is 0 Å². The van der Waals surface area contributed by atoms with E-state index in [9.17, 15) is 29.1 Å². The predicted molar refractivity (Wildman–Crippen MR) is 124 cm³/mol. The average molecular weight is 463 g/mol. The zero-order valence-electron chi connectivity index (χ0n) is 19.0. The Bertz CT molecular complexity index is 1200. The van der Waals surface area contributed by atoms with E-state index < -0.39 is 42.2 Å². The van der Waals surface area contributed by atoms with Crippen molar-refractivity contribution in [1.82, 2.24) is 15.5 Å². The standard InChI is InChI=1S/C25H25N3O6/c1-14-13-28(3)24(33)22(23(14)32)27-25(34)26-20(12-21(30)31)19-9-5-8-18(11-19)17-7-4-6-16(10-17)15(2)29/h4-11,13,20,22H,12H2,1-3H3,(H,30,31)(H2,26,27,34). The number of carbonyl (C=O) groups excluding carboxylic acids is 4. The fourth-order valence-corrected chi connectivity index (χ4v) is 3.70. The van der Waals surface area contributed by atoms with E-state index in [0.29, 0.717) is 16.7 Å². The third-order valence-electron chi connectivity index (χ3n) is 5.48. The minimum absolute atomic E-state index is 0.0809. The number of nitrogens with one attached hydrogen (secondary N) is 2. The lowest BCUT2D eigenvalue weighted by Crippen LogP contribution is -2.56. The molecule has 3 rings (SSSR count). The van der Waals surface area contributed by atoms with E-state index in [0.717, 1.165) is 11.1 Å². The molecular formula is C25H25N3O6. The molecule has 34 heavy (non-hydrogen) atoms. The van der Waals surface area contributed by atoms with Crippen LogP contribution < -0.4 is 10.6 Å². The molecule has 0 aliphatic carbocycles. The molecule has 2 aromatic rings. The maximum atomic E-state index is 12.7. The Morgan fingerprint density at radius 2 is 1.71 bits per heavy atom. The average Bonchev–Trinajstić information content (AvgIpc) is 2.80. The van der Waals surface area contributed by atoms with Gasteiger partial charge in [0.05, 0.1) is 12.5 Å². The Kier molecular flexibility index (Phi) is 7.25. The summed E-state index contributed by atoms with van der Waals surface area (Å²) in [5.74, 6) is -2.34. The number of aliphatic carboxylic acids is 1. The number of ketones is 2. The summed E-state index contributed by atoms with van der Waals surface area (Å²) in [6, 6.07) is 10.8. The fourth-order valence-electron chi connectivity index (χ4n) is 3.70. The van der Waals surface area contributed by atoms with E-state index >= 15 is 0 Å². The van der Waals surface area contributed by atoms with Gasteiger partial charge in [-0.3, -0.25) is 19.2 Å². The number of urea groups is 1. The number of likely N-dealkylation sites (N-methyl/N-ethyl adjacent to an activating group) is 1. The number of carboxylic acids is 1. The van der Waals surface area contributed by atoms with Crippen molar-refractivity contribution >= 4 is 29.5 Å². The highest BCUT2D eigenvalue weighted by Gasteiger charge is 2.35. The molecule has 176 valence electrons. The van der Waals surface area contributed by atoms with Gasteiger partial charge in [0.15, 0.2) is 17.6 Å². The second kappa shape index (κ2) is 10.1. The van der Waals surface area contributed by atoms with Crippen molar-refractivity contribution in [3.8, 4) is 11.1 Å². The van der Waals surface area contributed by atoms with Crippen LogP contribution in [0.3, 0.4) is 0 Å². The number of benzene rings is 2. The van der Waals surface area contributed by atoms with Gasteiger partial charge in [0.1, 0.15) is 0 Å². The summed E-state index contributed by atoms with van der Waals surface area (Å²) in [6.07, 6.45) is 0.969. The van der Waals surface area contributed by atoms with Gasteiger partial charge in [-0.2, -0.15) is 0 Å². The molecule has 2 atom stereocenters. The van der Waals surface area contributed by atoms with Crippen LogP contribution in [0.1, 0.15) is 42.2 Å². The normalized spacial score (nSPS) is 16.5. The Balaban J connectivity index is 1.84. The lowest BCUT2D eigenvalue weighted by atomic mass is 9.96. The molecule has 0 fully saturated rings. The summed E-state index contributed by atoms with van der Waals surface area (Å²) in [4.78, 5) is 61.8. The van der Waals surface area contributed by atoms with Crippen molar-refractivity contribution in [3.05, 3.63) is 71.4 Å². The molecule has 0 spiro atoms. The molecule has 9 nitrogen and oxygen atoms in total. The van der Waals surface area contributed by atoms with Gasteiger partial charge in [0.2, 0.25) is 0 Å². The zero-order valence-corrected chi connectivity index (χ0v) is 19.0. The molecule has 0 bridgehead atoms. The van der Waals surface area contributed by atoms with E-state index in [1.54, 1.807) is 36.4 Å². The molecule has 2 unspecified atom stereocenters. The molecule has 3 amide bonds. The SMILES string of the molecule is CC(=O)c1cccc(-c2cccc(C(CC(=O)O)NC(=O)NC3C(=O)C(C)=CN(C)C3=O)c2)c1. The van der Waals surface area contributed by atoms with E-state index in [1.807, 2.05) is 12.1 Å². The highest BCUT2D eigenvalue weighted by atomic mass is 16.4. The van der Waals surface area contributed by atoms with Crippen LogP contribution in [-0.4, -0.2) is 52.6 Å². The van der Waals surface area contributed by atoms with E-state index in [4.69, 9.17) is 0 Å². The predicted octanol–water partition coefficient (Wildman–Crippen LogP) is 2.68. The first-order chi connectivity index (χ1) is 16.1. The quantitative estimate of drug-likeness (QED) is 0.427. The molecule has 0 aromatic heterocycles. The summed E-state index contributed by atoms with van der Waals surface area (Å²) in [5.41, 5.74) is 2.86. The van der Waals surface area contributed by atoms with Crippen molar-refractivity contribution in [1.29, 1.82) is 0 Å². The molecule has 1 aliphatic heterocycles. The Morgan fingerprint density at radius 1 is 1.06 bits per heavy atom. The number of hydrogen-bond acceptors (Lipinski definition) is 5. The number of amides is 3. The third kappa shape index (κ3) is 5.55. The number of hydrogen-bond donors (Lipinski definition) is 3. The summed E-state index contributed by atoms with van der Waals surface area (Å²) in [5, 5.41) is 14.3. The van der Waals surface area contributed by atoms with E-state index in [1.165, 1.54) is 32.0 Å². The minimum atomic E-state index is -1.39. The molecule has 1 aliphatic rings. The van der Waals surface area contributed by atoms with Gasteiger partial charge in [-0.05, 0) is 42.7 Å². The third-order valence-corrected chi connectivity index (χ3v) is 5.48. The van der Waals surface area contributed by atoms with Crippen LogP contribution in [0.4, 0.5) is 4.79 Å². The van der Waals surface area contributed by atoms with Gasteiger partial charge >= 0.3 is 12.0 Å². The number of nitrogens with zero attached hydrogens (tertiary/aromatic N) is 1. The van der Waals surface area contributed by atoms with Crippen LogP contribution in [-0.2, 0) is 14.4 Å². The second-order valence-corrected chi connectivity index (χ2v) is 8.09. The highest BCUT2D eigenvalue weighted by molar-refractivity contribution is 6.16. The van der Waals surface area contributed by atoms with Crippen LogP contribution in [0.25, 0.3) is 11.1 Å². The van der Waals surface area contributed by atoms with Crippen molar-refractivity contribution < 1.29 is 29.1 Å². The van der Waals surface area contributed by atoms with Crippen molar-refractivity contribution in [2.75, 3.05) is 7.05 Å². The summed E-state index contributed by atoms with van der Waals surface area (Å²) in [7, 11) is 1.48. The van der Waals surface area contributed by atoms with E-state index in [2.05, 4.69) is 10.6 Å². The van der Waals surface area contributed by atoms with Crippen molar-refractivity contribution in [2.24, 2.45) is 0 Å². The smallest absolute Gasteiger partial charge is 0.316 e. The first-order valence-electron chi connectivity index (χ1n) is 10.6. The summed E-state index contributed by atoms with van der Waals surface area (Å²) >= 11 is 0. The minimum Gasteiger partial charge on any atom is -0.481 e. The molecular weight excluding hydrogens is 438 g/mol. The number of carbonyl (C=O) groups is 5. The van der Waals surface area contributed by atoms with Crippen LogP contribution in [0.15, 0.2) is 60.3 Å². The molecule has 0 saturated carbocycles. The summed E-state index contributed by atoms with van der Waals surface area (Å²) in [6.45, 7) is 3.01. The molecule has 3 N–H and O–H groups in total. The lowest BCUT2D eigenvalue weighted by molar-refractivity contribution is -0.138. The Labute approximate surface area is 196 Å². The second-order valence-electron chi connectivity index (χ2n) is 8.09. The Hall–Kier alpha value is -4.27. The van der Waals surface area contributed by atoms with Crippen molar-refractivity contribution in [2.45, 2.75) is 32.4 Å². The highest BCUT2D eigenvalue weighted by Crippen LogP contribution is 2.26. The number of rotatable bonds is 7. The number of Topliss-reactive ketones (excluding diaryl/α,β-unsaturated/α-hetero) is 2. The monoisotopic (exact) mass is 463 g/mol. The first-order valence-corrected chi connectivity index (χ1v) is 10.6. The first kappa shape index (κ1) is 24.4. The van der Waals surface area contributed by atoms with Crippen LogP contribution in [0.2, 0.25) is 0 Å². The maximum absolute atomic E-state index is 12.7. The van der Waals surface area contributed by atoms with Gasteiger partial charge in [0.25, 0.3) is 5.91 Å². The van der Waals surface area contributed by atoms with Crippen molar-refractivity contribution in [3.63, 3.8) is 0 Å². The Morgan fingerprint density at radius 3 is 2.35 bits per heavy atom. The molecule has 1 heterocycles. The fraction of sp³-hybridized carbons (Fsp3) is 0.240. The summed E-state index contributed by atoms with van der Waals surface area (Å²) < 4.78 is 0. The molecule has 0 saturated heterocycles. The number of carboxylic acid groups (broad SMARTS) is 1. The van der Waals surface area contributed by atoms with Gasteiger partial charge < -0.3 is 20.6 Å². The molecule has 2 aromatic carbocycles. The van der Waals surface area contributed by atoms with Gasteiger partial charge in [-0.15, -0.1) is 0 Å². The van der Waals surface area contributed by atoms with E-state index in [-0.39, 0.29) is 5.78 Å².